The number of thioether (sulfide) groups is 1. The second-order valence-electron chi connectivity index (χ2n) is 6.02. The Morgan fingerprint density at radius 1 is 1.35 bits per heavy atom. The molecule has 2 amide bonds. The molecular weight excluding hydrogens is 346 g/mol. The molecule has 1 unspecified atom stereocenters. The number of rotatable bonds is 11. The molecule has 0 saturated carbocycles. The van der Waals surface area contributed by atoms with Gasteiger partial charge >= 0.3 is 0 Å². The van der Waals surface area contributed by atoms with Crippen LogP contribution < -0.4 is 10.6 Å². The zero-order valence-electron chi connectivity index (χ0n) is 15.5. The van der Waals surface area contributed by atoms with Crippen molar-refractivity contribution in [1.82, 2.24) is 15.5 Å². The largest absolute Gasteiger partial charge is 0.354 e. The lowest BCUT2D eigenvalue weighted by molar-refractivity contribution is -0.122. The number of carbonyl (C=O) groups excluding carboxylic acids is 2. The summed E-state index contributed by atoms with van der Waals surface area (Å²) in [7, 11) is 3.98. The third kappa shape index (κ3) is 8.24. The van der Waals surface area contributed by atoms with E-state index in [1.807, 2.05) is 14.1 Å². The second-order valence-corrected chi connectivity index (χ2v) is 7.10. The van der Waals surface area contributed by atoms with Gasteiger partial charge in [0.15, 0.2) is 0 Å². The number of benzene rings is 1. The number of terminal acetylenes is 1. The molecule has 0 fully saturated rings. The molecule has 0 aliphatic heterocycles. The van der Waals surface area contributed by atoms with E-state index >= 15 is 0 Å². The van der Waals surface area contributed by atoms with Crippen LogP contribution in [-0.4, -0.2) is 61.4 Å². The lowest BCUT2D eigenvalue weighted by atomic mass is 10.1. The van der Waals surface area contributed by atoms with E-state index < -0.39 is 6.04 Å². The van der Waals surface area contributed by atoms with E-state index in [9.17, 15) is 9.59 Å². The fourth-order valence-electron chi connectivity index (χ4n) is 2.14. The maximum absolute atomic E-state index is 12.4. The van der Waals surface area contributed by atoms with Gasteiger partial charge in [0.2, 0.25) is 5.91 Å². The molecule has 1 aromatic rings. The van der Waals surface area contributed by atoms with Crippen molar-refractivity contribution in [2.24, 2.45) is 0 Å². The molecule has 0 aliphatic rings. The van der Waals surface area contributed by atoms with Crippen molar-refractivity contribution in [3.05, 3.63) is 48.0 Å². The Morgan fingerprint density at radius 2 is 2.04 bits per heavy atom. The summed E-state index contributed by atoms with van der Waals surface area (Å²) in [4.78, 5) is 26.9. The van der Waals surface area contributed by atoms with E-state index in [1.54, 1.807) is 42.1 Å². The van der Waals surface area contributed by atoms with Crippen molar-refractivity contribution in [2.45, 2.75) is 12.5 Å². The summed E-state index contributed by atoms with van der Waals surface area (Å²) in [6.07, 6.45) is 7.95. The van der Waals surface area contributed by atoms with Gasteiger partial charge in [-0.1, -0.05) is 12.0 Å². The van der Waals surface area contributed by atoms with E-state index in [1.165, 1.54) is 0 Å². The summed E-state index contributed by atoms with van der Waals surface area (Å²) in [6, 6.07) is 6.13. The summed E-state index contributed by atoms with van der Waals surface area (Å²) in [5.74, 6) is 3.25. The van der Waals surface area contributed by atoms with E-state index in [2.05, 4.69) is 28.0 Å². The van der Waals surface area contributed by atoms with Gasteiger partial charge in [0, 0.05) is 29.2 Å². The molecule has 1 aromatic carbocycles. The maximum atomic E-state index is 12.4. The third-order valence-electron chi connectivity index (χ3n) is 3.54. The average molecular weight is 374 g/mol. The van der Waals surface area contributed by atoms with Crippen molar-refractivity contribution in [1.29, 1.82) is 0 Å². The third-order valence-corrected chi connectivity index (χ3v) is 4.58. The predicted molar refractivity (Wildman–Crippen MR) is 109 cm³/mol. The van der Waals surface area contributed by atoms with Gasteiger partial charge in [0.25, 0.3) is 5.91 Å². The first-order valence-corrected chi connectivity index (χ1v) is 9.62. The van der Waals surface area contributed by atoms with Crippen LogP contribution in [0.5, 0.6) is 0 Å². The number of carbonyl (C=O) groups is 2. The Hall–Kier alpha value is -2.23. The molecule has 2 N–H and O–H groups in total. The first kappa shape index (κ1) is 21.8. The zero-order chi connectivity index (χ0) is 19.4. The minimum atomic E-state index is -0.598. The molecule has 1 rings (SSSR count). The SMILES string of the molecule is C#Cc1ccc(C(=O)NC(CSCC=C)C(=O)NCCCN(C)C)cc1. The summed E-state index contributed by atoms with van der Waals surface area (Å²) in [6.45, 7) is 5.14. The molecule has 26 heavy (non-hydrogen) atoms. The molecule has 0 aliphatic carbocycles. The van der Waals surface area contributed by atoms with Crippen LogP contribution >= 0.6 is 11.8 Å². The van der Waals surface area contributed by atoms with E-state index in [0.29, 0.717) is 23.4 Å². The molecule has 0 spiro atoms. The van der Waals surface area contributed by atoms with Gasteiger partial charge in [0.1, 0.15) is 6.04 Å². The highest BCUT2D eigenvalue weighted by Crippen LogP contribution is 2.07. The Balaban J connectivity index is 2.65. The highest BCUT2D eigenvalue weighted by Gasteiger charge is 2.21. The highest BCUT2D eigenvalue weighted by atomic mass is 32.2. The van der Waals surface area contributed by atoms with Crippen molar-refractivity contribution in [2.75, 3.05) is 38.7 Å². The highest BCUT2D eigenvalue weighted by molar-refractivity contribution is 7.99. The Morgan fingerprint density at radius 3 is 2.62 bits per heavy atom. The van der Waals surface area contributed by atoms with Gasteiger partial charge in [-0.2, -0.15) is 11.8 Å². The Kier molecular flexibility index (Phi) is 10.2. The molecule has 0 bridgehead atoms. The molecule has 0 aromatic heterocycles. The summed E-state index contributed by atoms with van der Waals surface area (Å²) in [5, 5.41) is 5.71. The molecule has 0 saturated heterocycles. The average Bonchev–Trinajstić information content (AvgIpc) is 2.64. The van der Waals surface area contributed by atoms with Gasteiger partial charge in [-0.05, 0) is 51.3 Å². The monoisotopic (exact) mass is 373 g/mol. The summed E-state index contributed by atoms with van der Waals surface area (Å²) < 4.78 is 0. The maximum Gasteiger partial charge on any atom is 0.251 e. The molecule has 5 nitrogen and oxygen atoms in total. The molecule has 1 atom stereocenters. The molecular formula is C20H27N3O2S. The fourth-order valence-corrected chi connectivity index (χ4v) is 2.91. The molecule has 0 radical (unpaired) electrons. The van der Waals surface area contributed by atoms with E-state index in [4.69, 9.17) is 6.42 Å². The Bertz CT molecular complexity index is 635. The van der Waals surface area contributed by atoms with Gasteiger partial charge in [-0.15, -0.1) is 13.0 Å². The van der Waals surface area contributed by atoms with E-state index in [0.717, 1.165) is 18.7 Å². The van der Waals surface area contributed by atoms with Crippen LogP contribution in [-0.2, 0) is 4.79 Å². The van der Waals surface area contributed by atoms with Gasteiger partial charge < -0.3 is 15.5 Å². The summed E-state index contributed by atoms with van der Waals surface area (Å²) >= 11 is 1.55. The fraction of sp³-hybridized carbons (Fsp3) is 0.400. The zero-order valence-corrected chi connectivity index (χ0v) is 16.3. The second kappa shape index (κ2) is 12.2. The standard InChI is InChI=1S/C20H27N3O2S/c1-5-14-26-15-18(20(25)21-12-7-13-23(3)4)22-19(24)17-10-8-16(6-2)9-11-17/h2,5,8-11,18H,1,7,12-15H2,3-4H3,(H,21,25)(H,22,24). The Labute approximate surface area is 160 Å². The predicted octanol–water partition coefficient (Wildman–Crippen LogP) is 1.75. The summed E-state index contributed by atoms with van der Waals surface area (Å²) in [5.41, 5.74) is 1.18. The minimum absolute atomic E-state index is 0.172. The first-order valence-electron chi connectivity index (χ1n) is 8.46. The van der Waals surface area contributed by atoms with Crippen molar-refractivity contribution in [3.8, 4) is 12.3 Å². The lowest BCUT2D eigenvalue weighted by Crippen LogP contribution is -2.48. The van der Waals surface area contributed by atoms with Crippen molar-refractivity contribution >= 4 is 23.6 Å². The van der Waals surface area contributed by atoms with Gasteiger partial charge in [-0.3, -0.25) is 9.59 Å². The topological polar surface area (TPSA) is 61.4 Å². The number of hydrogen-bond acceptors (Lipinski definition) is 4. The normalized spacial score (nSPS) is 11.5. The van der Waals surface area contributed by atoms with Crippen LogP contribution in [0.4, 0.5) is 0 Å². The van der Waals surface area contributed by atoms with Crippen LogP contribution in [0.2, 0.25) is 0 Å². The number of nitrogens with zero attached hydrogens (tertiary/aromatic N) is 1. The lowest BCUT2D eigenvalue weighted by Gasteiger charge is -2.18. The number of amides is 2. The minimum Gasteiger partial charge on any atom is -0.354 e. The molecule has 0 heterocycles. The molecule has 6 heteroatoms. The number of nitrogens with one attached hydrogen (secondary N) is 2. The first-order chi connectivity index (χ1) is 12.5. The van der Waals surface area contributed by atoms with Crippen LogP contribution in [0.15, 0.2) is 36.9 Å². The van der Waals surface area contributed by atoms with E-state index in [-0.39, 0.29) is 11.8 Å². The van der Waals surface area contributed by atoms with Crippen LogP contribution in [0.25, 0.3) is 0 Å². The smallest absolute Gasteiger partial charge is 0.251 e. The van der Waals surface area contributed by atoms with Gasteiger partial charge in [0.05, 0.1) is 0 Å². The van der Waals surface area contributed by atoms with Gasteiger partial charge in [-0.25, -0.2) is 0 Å². The van der Waals surface area contributed by atoms with Crippen molar-refractivity contribution < 1.29 is 9.59 Å². The van der Waals surface area contributed by atoms with Crippen LogP contribution in [0, 0.1) is 12.3 Å². The van der Waals surface area contributed by atoms with Crippen LogP contribution in [0.3, 0.4) is 0 Å². The van der Waals surface area contributed by atoms with Crippen molar-refractivity contribution in [3.63, 3.8) is 0 Å². The number of hydrogen-bond donors (Lipinski definition) is 2. The molecule has 140 valence electrons. The van der Waals surface area contributed by atoms with Crippen LogP contribution in [0.1, 0.15) is 22.3 Å². The quantitative estimate of drug-likeness (QED) is 0.352.